The highest BCUT2D eigenvalue weighted by molar-refractivity contribution is 7.79. The largest absolute Gasteiger partial charge is 0.384 e. The van der Waals surface area contributed by atoms with Crippen LogP contribution >= 0.6 is 23.8 Å². The summed E-state index contributed by atoms with van der Waals surface area (Å²) in [6.07, 6.45) is 5.04. The van der Waals surface area contributed by atoms with Crippen LogP contribution in [-0.2, 0) is 9.59 Å². The maximum Gasteiger partial charge on any atom is 0.168 e. The highest BCUT2D eigenvalue weighted by Crippen LogP contribution is 2.30. The van der Waals surface area contributed by atoms with Crippen LogP contribution < -0.4 is 5.32 Å². The Balaban J connectivity index is 2.83. The maximum absolute atomic E-state index is 12.4. The topological polar surface area (TPSA) is 46.2 Å². The van der Waals surface area contributed by atoms with Gasteiger partial charge in [-0.15, -0.1) is 0 Å². The molecule has 22 heavy (non-hydrogen) atoms. The molecule has 1 unspecified atom stereocenters. The number of nitrogens with one attached hydrogen (secondary N) is 1. The monoisotopic (exact) mass is 341 g/mol. The van der Waals surface area contributed by atoms with Gasteiger partial charge >= 0.3 is 0 Å². The van der Waals surface area contributed by atoms with E-state index >= 15 is 0 Å². The molecule has 0 amide bonds. The van der Waals surface area contributed by atoms with E-state index in [0.717, 1.165) is 18.5 Å². The van der Waals surface area contributed by atoms with Crippen LogP contribution in [0, 0.1) is 11.8 Å². The van der Waals surface area contributed by atoms with Crippen LogP contribution in [0.1, 0.15) is 46.0 Å². The molecule has 122 valence electrons. The molecule has 1 aliphatic carbocycles. The number of Topliss-reactive ketones (excluding diaryl/α,β-unsaturated/α-hetero) is 2. The van der Waals surface area contributed by atoms with Gasteiger partial charge < -0.3 is 5.32 Å². The number of thiocarbonyl (C=S) groups is 1. The van der Waals surface area contributed by atoms with E-state index in [1.807, 2.05) is 6.92 Å². The molecule has 1 N–H and O–H groups in total. The minimum atomic E-state index is -0.0420. The molecule has 0 spiro atoms. The van der Waals surface area contributed by atoms with E-state index in [0.29, 0.717) is 37.3 Å². The Bertz CT molecular complexity index is 465. The van der Waals surface area contributed by atoms with E-state index in [1.165, 1.54) is 5.54 Å². The Hall–Kier alpha value is -1.00. The van der Waals surface area contributed by atoms with Gasteiger partial charge in [0.15, 0.2) is 11.6 Å². The molecule has 0 bridgehead atoms. The van der Waals surface area contributed by atoms with Crippen molar-refractivity contribution in [3.05, 3.63) is 22.9 Å². The second kappa shape index (κ2) is 9.90. The molecule has 1 fully saturated rings. The fraction of sp³-hybridized carbons (Fsp3) is 0.588. The first-order valence-corrected chi connectivity index (χ1v) is 8.71. The molecule has 0 aromatic rings. The van der Waals surface area contributed by atoms with Gasteiger partial charge in [0.1, 0.15) is 0 Å². The number of ketones is 2. The number of halogens is 1. The zero-order valence-electron chi connectivity index (χ0n) is 13.2. The second-order valence-electron chi connectivity index (χ2n) is 5.61. The van der Waals surface area contributed by atoms with Gasteiger partial charge in [0.05, 0.1) is 5.57 Å². The summed E-state index contributed by atoms with van der Waals surface area (Å²) < 4.78 is 0. The van der Waals surface area contributed by atoms with Crippen LogP contribution in [0.15, 0.2) is 22.9 Å². The molecular weight excluding hydrogens is 318 g/mol. The van der Waals surface area contributed by atoms with Gasteiger partial charge in [0.25, 0.3) is 0 Å². The summed E-state index contributed by atoms with van der Waals surface area (Å²) >= 11 is 10.5. The summed E-state index contributed by atoms with van der Waals surface area (Å²) in [5.41, 5.74) is 2.50. The van der Waals surface area contributed by atoms with Crippen molar-refractivity contribution in [1.29, 1.82) is 0 Å². The molecule has 5 heteroatoms. The van der Waals surface area contributed by atoms with Crippen molar-refractivity contribution in [3.8, 4) is 0 Å². The van der Waals surface area contributed by atoms with Gasteiger partial charge in [0.2, 0.25) is 0 Å². The number of hydrogen-bond acceptors (Lipinski definition) is 4. The lowest BCUT2D eigenvalue weighted by molar-refractivity contribution is -0.125. The van der Waals surface area contributed by atoms with Crippen molar-refractivity contribution < 1.29 is 9.59 Å². The first-order chi connectivity index (χ1) is 10.6. The van der Waals surface area contributed by atoms with Gasteiger partial charge in [-0.1, -0.05) is 43.7 Å². The smallest absolute Gasteiger partial charge is 0.168 e. The Labute approximate surface area is 143 Å². The highest BCUT2D eigenvalue weighted by Gasteiger charge is 2.33. The van der Waals surface area contributed by atoms with Crippen LogP contribution in [0.4, 0.5) is 0 Å². The molecule has 3 nitrogen and oxygen atoms in total. The third-order valence-electron chi connectivity index (χ3n) is 4.04. The molecule has 0 aliphatic heterocycles. The molecule has 1 atom stereocenters. The van der Waals surface area contributed by atoms with E-state index in [-0.39, 0.29) is 17.5 Å². The van der Waals surface area contributed by atoms with Gasteiger partial charge in [0, 0.05) is 30.6 Å². The van der Waals surface area contributed by atoms with Crippen LogP contribution in [0.3, 0.4) is 0 Å². The second-order valence-corrected chi connectivity index (χ2v) is 6.13. The number of rotatable bonds is 8. The van der Waals surface area contributed by atoms with Crippen LogP contribution in [-0.4, -0.2) is 23.5 Å². The highest BCUT2D eigenvalue weighted by atomic mass is 35.5. The van der Waals surface area contributed by atoms with E-state index in [9.17, 15) is 9.59 Å². The summed E-state index contributed by atoms with van der Waals surface area (Å²) in [6, 6.07) is 0. The van der Waals surface area contributed by atoms with Crippen molar-refractivity contribution in [3.63, 3.8) is 0 Å². The number of hydrogen-bond donors (Lipinski definition) is 1. The quantitative estimate of drug-likeness (QED) is 0.412. The van der Waals surface area contributed by atoms with Crippen LogP contribution in [0.25, 0.3) is 0 Å². The Morgan fingerprint density at radius 1 is 1.36 bits per heavy atom. The van der Waals surface area contributed by atoms with Crippen molar-refractivity contribution in [1.82, 2.24) is 5.32 Å². The molecule has 0 heterocycles. The Morgan fingerprint density at radius 2 is 2.00 bits per heavy atom. The molecular formula is C17H24ClNO2S. The molecule has 1 aliphatic rings. The molecule has 0 saturated heterocycles. The third-order valence-corrected chi connectivity index (χ3v) is 4.60. The van der Waals surface area contributed by atoms with Crippen molar-refractivity contribution in [2.45, 2.75) is 46.0 Å². The molecule has 1 saturated carbocycles. The predicted octanol–water partition coefficient (Wildman–Crippen LogP) is 3.96. The van der Waals surface area contributed by atoms with Gasteiger partial charge in [-0.2, -0.15) is 0 Å². The lowest BCUT2D eigenvalue weighted by Gasteiger charge is -2.26. The summed E-state index contributed by atoms with van der Waals surface area (Å²) in [4.78, 5) is 24.8. The van der Waals surface area contributed by atoms with Crippen molar-refractivity contribution >= 4 is 40.8 Å². The number of carbonyl (C=O) groups excluding carboxylic acids is 2. The van der Waals surface area contributed by atoms with E-state index in [2.05, 4.69) is 12.2 Å². The normalized spacial score (nSPS) is 20.3. The SMILES string of the molecule is CCC(NC/C=C/Cl)=C1C(=O)CC(CC(C=S)CC)CC1=O. The fourth-order valence-corrected chi connectivity index (χ4v) is 3.22. The zero-order chi connectivity index (χ0) is 16.5. The van der Waals surface area contributed by atoms with Crippen molar-refractivity contribution in [2.24, 2.45) is 11.8 Å². The van der Waals surface area contributed by atoms with E-state index in [4.69, 9.17) is 23.8 Å². The zero-order valence-corrected chi connectivity index (χ0v) is 14.8. The summed E-state index contributed by atoms with van der Waals surface area (Å²) in [5, 5.41) is 4.88. The fourth-order valence-electron chi connectivity index (χ4n) is 2.82. The average Bonchev–Trinajstić information content (AvgIpc) is 2.50. The minimum Gasteiger partial charge on any atom is -0.384 e. The Kier molecular flexibility index (Phi) is 8.57. The standard InChI is InChI=1S/C17H24ClNO2S/c1-3-12(11-22)8-13-9-15(20)17(16(21)10-13)14(4-2)19-7-5-6-18/h5-6,11-13,19H,3-4,7-10H2,1-2H3/b6-5+,17-14?. The predicted molar refractivity (Wildman–Crippen MR) is 95.1 cm³/mol. The summed E-state index contributed by atoms with van der Waals surface area (Å²) in [6.45, 7) is 4.53. The van der Waals surface area contributed by atoms with Crippen molar-refractivity contribution in [2.75, 3.05) is 6.54 Å². The minimum absolute atomic E-state index is 0.0420. The Morgan fingerprint density at radius 3 is 2.45 bits per heavy atom. The molecule has 0 aromatic heterocycles. The van der Waals surface area contributed by atoms with E-state index < -0.39 is 0 Å². The third kappa shape index (κ3) is 5.33. The first-order valence-electron chi connectivity index (χ1n) is 7.81. The van der Waals surface area contributed by atoms with Gasteiger partial charge in [-0.05, 0) is 36.5 Å². The molecule has 0 aromatic carbocycles. The average molecular weight is 342 g/mol. The first kappa shape index (κ1) is 19.0. The van der Waals surface area contributed by atoms with Gasteiger partial charge in [-0.3, -0.25) is 9.59 Å². The lowest BCUT2D eigenvalue weighted by atomic mass is 9.78. The van der Waals surface area contributed by atoms with E-state index in [1.54, 1.807) is 11.4 Å². The number of carbonyl (C=O) groups is 2. The van der Waals surface area contributed by atoms with Crippen LogP contribution in [0.5, 0.6) is 0 Å². The summed E-state index contributed by atoms with van der Waals surface area (Å²) in [7, 11) is 0. The summed E-state index contributed by atoms with van der Waals surface area (Å²) in [5.74, 6) is 0.344. The number of allylic oxidation sites excluding steroid dienone is 2. The molecule has 0 radical (unpaired) electrons. The van der Waals surface area contributed by atoms with Gasteiger partial charge in [-0.25, -0.2) is 0 Å². The molecule has 1 rings (SSSR count). The van der Waals surface area contributed by atoms with Crippen LogP contribution in [0.2, 0.25) is 0 Å². The maximum atomic E-state index is 12.4. The lowest BCUT2D eigenvalue weighted by Crippen LogP contribution is -2.31.